The average Bonchev–Trinajstić information content (AvgIpc) is 3.59. The molecule has 9 heteroatoms. The molecule has 2 atom stereocenters. The van der Waals surface area contributed by atoms with E-state index >= 15 is 0 Å². The summed E-state index contributed by atoms with van der Waals surface area (Å²) in [6, 6.07) is 4.43. The molecule has 0 radical (unpaired) electrons. The van der Waals surface area contributed by atoms with Gasteiger partial charge in [0.25, 0.3) is 5.92 Å². The van der Waals surface area contributed by atoms with Gasteiger partial charge in [-0.3, -0.25) is 4.79 Å². The van der Waals surface area contributed by atoms with Gasteiger partial charge in [-0.15, -0.1) is 0 Å². The van der Waals surface area contributed by atoms with E-state index in [9.17, 15) is 18.0 Å². The van der Waals surface area contributed by atoms with Crippen molar-refractivity contribution in [3.8, 4) is 5.75 Å². The molecule has 1 aliphatic carbocycles. The van der Waals surface area contributed by atoms with Crippen LogP contribution in [0, 0.1) is 30.5 Å². The summed E-state index contributed by atoms with van der Waals surface area (Å²) in [5.74, 6) is -0.491. The molecule has 2 aliphatic heterocycles. The van der Waals surface area contributed by atoms with Gasteiger partial charge in [0.2, 0.25) is 11.9 Å². The number of nitrogens with zero attached hydrogens (tertiary/aromatic N) is 4. The van der Waals surface area contributed by atoms with Gasteiger partial charge in [0.15, 0.2) is 0 Å². The Hall–Kier alpha value is -2.84. The van der Waals surface area contributed by atoms with Crippen LogP contribution in [-0.2, 0) is 11.2 Å². The first-order valence-electron chi connectivity index (χ1n) is 12.4. The van der Waals surface area contributed by atoms with E-state index in [-0.39, 0.29) is 12.0 Å². The Labute approximate surface area is 203 Å². The summed E-state index contributed by atoms with van der Waals surface area (Å²) in [4.78, 5) is 24.2. The number of aromatic nitrogens is 2. The Morgan fingerprint density at radius 2 is 1.89 bits per heavy atom. The van der Waals surface area contributed by atoms with E-state index in [1.807, 2.05) is 19.3 Å². The predicted octanol–water partition coefficient (Wildman–Crippen LogP) is 4.27. The number of anilines is 1. The summed E-state index contributed by atoms with van der Waals surface area (Å²) in [5, 5.41) is 0. The van der Waals surface area contributed by atoms with Gasteiger partial charge in [0, 0.05) is 31.5 Å². The van der Waals surface area contributed by atoms with Gasteiger partial charge >= 0.3 is 0 Å². The number of aryl methyl sites for hydroxylation is 1. The third kappa shape index (κ3) is 5.70. The minimum absolute atomic E-state index is 0.196. The molecule has 5 rings (SSSR count). The molecule has 3 aliphatic rings. The molecule has 1 saturated carbocycles. The van der Waals surface area contributed by atoms with Crippen molar-refractivity contribution in [2.45, 2.75) is 45.0 Å². The molecule has 188 valence electrons. The van der Waals surface area contributed by atoms with Crippen molar-refractivity contribution < 1.29 is 22.7 Å². The number of carbonyl (C=O) groups excluding carboxylic acids is 1. The lowest BCUT2D eigenvalue weighted by molar-refractivity contribution is -0.165. The van der Waals surface area contributed by atoms with Crippen LogP contribution in [0.2, 0.25) is 0 Å². The molecule has 1 aromatic heterocycles. The van der Waals surface area contributed by atoms with E-state index in [0.717, 1.165) is 60.6 Å². The molecule has 6 nitrogen and oxygen atoms in total. The van der Waals surface area contributed by atoms with Gasteiger partial charge < -0.3 is 14.5 Å². The minimum Gasteiger partial charge on any atom is -0.493 e. The van der Waals surface area contributed by atoms with Crippen molar-refractivity contribution in [1.82, 2.24) is 14.9 Å². The van der Waals surface area contributed by atoms with Crippen molar-refractivity contribution in [2.75, 3.05) is 37.7 Å². The van der Waals surface area contributed by atoms with Crippen LogP contribution < -0.4 is 9.64 Å². The zero-order chi connectivity index (χ0) is 24.6. The Bertz CT molecular complexity index is 1050. The van der Waals surface area contributed by atoms with E-state index in [1.54, 1.807) is 6.07 Å². The molecule has 0 N–H and O–H groups in total. The summed E-state index contributed by atoms with van der Waals surface area (Å²) >= 11 is 0. The fourth-order valence-corrected chi connectivity index (χ4v) is 5.31. The number of rotatable bonds is 8. The summed E-state index contributed by atoms with van der Waals surface area (Å²) < 4.78 is 46.0. The van der Waals surface area contributed by atoms with Crippen LogP contribution >= 0.6 is 0 Å². The second kappa shape index (κ2) is 9.66. The standard InChI is InChI=1S/C26H31F3N4O2/c1-17-13-30-25(31-14-17)32-7-4-18(5-8-32)22-10-19(22)6-9-35-21-3-2-20(23(27)12-21)11-24(34)33-15-26(28,29)16-33/h2-3,12-14,18-19,22H,4-11,15-16H2,1H3/t19-,22-/m1/s1. The van der Waals surface area contributed by atoms with E-state index in [2.05, 4.69) is 14.9 Å². The number of hydrogen-bond acceptors (Lipinski definition) is 5. The molecular formula is C26H31F3N4O2. The summed E-state index contributed by atoms with van der Waals surface area (Å²) in [6.07, 6.45) is 7.97. The van der Waals surface area contributed by atoms with Gasteiger partial charge in [0.05, 0.1) is 26.1 Å². The van der Waals surface area contributed by atoms with Gasteiger partial charge in [-0.05, 0) is 67.6 Å². The molecule has 1 aromatic carbocycles. The second-order valence-electron chi connectivity index (χ2n) is 10.2. The molecule has 35 heavy (non-hydrogen) atoms. The van der Waals surface area contributed by atoms with Crippen molar-refractivity contribution in [3.05, 3.63) is 47.5 Å². The molecule has 2 saturated heterocycles. The first kappa shape index (κ1) is 23.9. The van der Waals surface area contributed by atoms with E-state index < -0.39 is 30.7 Å². The fraction of sp³-hybridized carbons (Fsp3) is 0.577. The smallest absolute Gasteiger partial charge is 0.282 e. The number of likely N-dealkylation sites (tertiary alicyclic amines) is 1. The third-order valence-corrected chi connectivity index (χ3v) is 7.49. The SMILES string of the molecule is Cc1cnc(N2CCC([C@H]3C[C@H]3CCOc3ccc(CC(=O)N4CC(F)(F)C4)c(F)c3)CC2)nc1. The number of ether oxygens (including phenoxy) is 1. The molecule has 2 aromatic rings. The molecule has 3 heterocycles. The molecule has 1 amide bonds. The monoisotopic (exact) mass is 488 g/mol. The van der Waals surface area contributed by atoms with E-state index in [1.165, 1.54) is 18.6 Å². The lowest BCUT2D eigenvalue weighted by Gasteiger charge is -2.38. The highest BCUT2D eigenvalue weighted by molar-refractivity contribution is 5.79. The zero-order valence-electron chi connectivity index (χ0n) is 19.9. The van der Waals surface area contributed by atoms with Crippen LogP contribution in [0.1, 0.15) is 36.8 Å². The maximum absolute atomic E-state index is 14.4. The Morgan fingerprint density at radius 3 is 2.54 bits per heavy atom. The van der Waals surface area contributed by atoms with Crippen LogP contribution in [0.3, 0.4) is 0 Å². The first-order chi connectivity index (χ1) is 16.8. The van der Waals surface area contributed by atoms with Crippen LogP contribution in [0.4, 0.5) is 19.1 Å². The average molecular weight is 489 g/mol. The van der Waals surface area contributed by atoms with Crippen molar-refractivity contribution in [1.29, 1.82) is 0 Å². The van der Waals surface area contributed by atoms with Crippen molar-refractivity contribution in [3.63, 3.8) is 0 Å². The molecule has 0 unspecified atom stereocenters. The second-order valence-corrected chi connectivity index (χ2v) is 10.2. The first-order valence-corrected chi connectivity index (χ1v) is 12.4. The fourth-order valence-electron chi connectivity index (χ4n) is 5.31. The third-order valence-electron chi connectivity index (χ3n) is 7.49. The number of piperidine rings is 1. The number of alkyl halides is 2. The van der Waals surface area contributed by atoms with Crippen molar-refractivity contribution in [2.24, 2.45) is 17.8 Å². The lowest BCUT2D eigenvalue weighted by Crippen LogP contribution is -2.58. The Balaban J connectivity index is 1.02. The van der Waals surface area contributed by atoms with Crippen LogP contribution in [0.15, 0.2) is 30.6 Å². The number of carbonyl (C=O) groups is 1. The van der Waals surface area contributed by atoms with Gasteiger partial charge in [0.1, 0.15) is 11.6 Å². The van der Waals surface area contributed by atoms with Crippen LogP contribution in [0.5, 0.6) is 5.75 Å². The van der Waals surface area contributed by atoms with Crippen molar-refractivity contribution >= 4 is 11.9 Å². The quantitative estimate of drug-likeness (QED) is 0.556. The maximum atomic E-state index is 14.4. The summed E-state index contributed by atoms with van der Waals surface area (Å²) in [7, 11) is 0. The number of amides is 1. The largest absolute Gasteiger partial charge is 0.493 e. The highest BCUT2D eigenvalue weighted by Gasteiger charge is 2.46. The number of benzene rings is 1. The predicted molar refractivity (Wildman–Crippen MR) is 125 cm³/mol. The zero-order valence-corrected chi connectivity index (χ0v) is 19.9. The highest BCUT2D eigenvalue weighted by atomic mass is 19.3. The normalized spacial score (nSPS) is 23.7. The topological polar surface area (TPSA) is 58.6 Å². The Kier molecular flexibility index (Phi) is 6.59. The summed E-state index contributed by atoms with van der Waals surface area (Å²) in [5.41, 5.74) is 1.26. The number of halogens is 3. The lowest BCUT2D eigenvalue weighted by atomic mass is 9.90. The van der Waals surface area contributed by atoms with Gasteiger partial charge in [-0.2, -0.15) is 0 Å². The highest BCUT2D eigenvalue weighted by Crippen LogP contribution is 2.49. The maximum Gasteiger partial charge on any atom is 0.282 e. The summed E-state index contributed by atoms with van der Waals surface area (Å²) in [6.45, 7) is 3.32. The minimum atomic E-state index is -2.82. The number of hydrogen-bond donors (Lipinski definition) is 0. The Morgan fingerprint density at radius 1 is 1.17 bits per heavy atom. The molecule has 0 bridgehead atoms. The van der Waals surface area contributed by atoms with Gasteiger partial charge in [-0.25, -0.2) is 23.1 Å². The van der Waals surface area contributed by atoms with E-state index in [0.29, 0.717) is 18.3 Å². The van der Waals surface area contributed by atoms with Crippen LogP contribution in [-0.4, -0.2) is 59.5 Å². The molecule has 0 spiro atoms. The van der Waals surface area contributed by atoms with Crippen LogP contribution in [0.25, 0.3) is 0 Å². The molecular weight excluding hydrogens is 457 g/mol. The molecule has 3 fully saturated rings. The van der Waals surface area contributed by atoms with Gasteiger partial charge in [-0.1, -0.05) is 6.07 Å². The van der Waals surface area contributed by atoms with E-state index in [4.69, 9.17) is 4.74 Å².